The molecule has 6 heteroatoms. The Balaban J connectivity index is 1.64. The number of halogens is 1. The first-order valence-corrected chi connectivity index (χ1v) is 10.7. The van der Waals surface area contributed by atoms with E-state index in [0.717, 1.165) is 40.4 Å². The van der Waals surface area contributed by atoms with Crippen molar-refractivity contribution in [3.8, 4) is 0 Å². The van der Waals surface area contributed by atoms with Crippen LogP contribution in [0.25, 0.3) is 5.65 Å². The summed E-state index contributed by atoms with van der Waals surface area (Å²) >= 11 is 6.14. The highest BCUT2D eigenvalue weighted by molar-refractivity contribution is 6.30. The normalized spacial score (nSPS) is 19.4. The standard InChI is InChI=1S/C23H27ClN4O/c1-14-7-4-5-10-21(14)27-23(29)20-13-25-28-16(3)19(15(2)26-22(20)28)12-17-8-6-9-18(24)11-17/h6,8-9,11,13-14,21H,4-5,7,10,12H2,1-3H3,(H,27,29)/t14-,21+/m1/s1. The molecule has 4 rings (SSSR count). The molecule has 29 heavy (non-hydrogen) atoms. The molecular weight excluding hydrogens is 384 g/mol. The lowest BCUT2D eigenvalue weighted by molar-refractivity contribution is 0.0912. The van der Waals surface area contributed by atoms with Gasteiger partial charge in [-0.3, -0.25) is 4.79 Å². The quantitative estimate of drug-likeness (QED) is 0.665. The van der Waals surface area contributed by atoms with E-state index >= 15 is 0 Å². The number of benzene rings is 1. The van der Waals surface area contributed by atoms with Crippen LogP contribution in [0.5, 0.6) is 0 Å². The van der Waals surface area contributed by atoms with E-state index in [-0.39, 0.29) is 11.9 Å². The van der Waals surface area contributed by atoms with E-state index in [9.17, 15) is 4.79 Å². The van der Waals surface area contributed by atoms with Gasteiger partial charge < -0.3 is 5.32 Å². The first-order valence-electron chi connectivity index (χ1n) is 10.3. The van der Waals surface area contributed by atoms with Crippen LogP contribution in [0.3, 0.4) is 0 Å². The van der Waals surface area contributed by atoms with Gasteiger partial charge in [-0.2, -0.15) is 5.10 Å². The van der Waals surface area contributed by atoms with Crippen LogP contribution in [-0.2, 0) is 6.42 Å². The molecular formula is C23H27ClN4O. The second-order valence-electron chi connectivity index (χ2n) is 8.20. The van der Waals surface area contributed by atoms with Gasteiger partial charge in [0.25, 0.3) is 5.91 Å². The van der Waals surface area contributed by atoms with Crippen LogP contribution in [0.2, 0.25) is 5.02 Å². The highest BCUT2D eigenvalue weighted by Gasteiger charge is 2.25. The highest BCUT2D eigenvalue weighted by atomic mass is 35.5. The first kappa shape index (κ1) is 19.9. The molecule has 152 valence electrons. The largest absolute Gasteiger partial charge is 0.349 e. The van der Waals surface area contributed by atoms with Crippen molar-refractivity contribution in [2.75, 3.05) is 0 Å². The van der Waals surface area contributed by atoms with Gasteiger partial charge in [-0.25, -0.2) is 9.50 Å². The topological polar surface area (TPSA) is 59.3 Å². The van der Waals surface area contributed by atoms with Crippen LogP contribution in [-0.4, -0.2) is 26.5 Å². The molecule has 1 fully saturated rings. The average molecular weight is 411 g/mol. The molecule has 2 aromatic heterocycles. The van der Waals surface area contributed by atoms with Crippen molar-refractivity contribution in [2.24, 2.45) is 5.92 Å². The molecule has 1 aliphatic rings. The number of fused-ring (bicyclic) bond motifs is 1. The lowest BCUT2D eigenvalue weighted by atomic mass is 9.86. The van der Waals surface area contributed by atoms with Crippen molar-refractivity contribution in [3.05, 3.63) is 63.6 Å². The van der Waals surface area contributed by atoms with Gasteiger partial charge in [0.05, 0.1) is 6.20 Å². The van der Waals surface area contributed by atoms with E-state index < -0.39 is 0 Å². The smallest absolute Gasteiger partial charge is 0.256 e. The molecule has 1 aromatic carbocycles. The molecule has 0 spiro atoms. The fourth-order valence-corrected chi connectivity index (χ4v) is 4.57. The molecule has 0 bridgehead atoms. The van der Waals surface area contributed by atoms with Crippen molar-refractivity contribution in [1.82, 2.24) is 19.9 Å². The number of amides is 1. The molecule has 0 saturated heterocycles. The Morgan fingerprint density at radius 3 is 2.83 bits per heavy atom. The van der Waals surface area contributed by atoms with E-state index in [1.54, 1.807) is 10.7 Å². The van der Waals surface area contributed by atoms with Crippen LogP contribution in [0.4, 0.5) is 0 Å². The van der Waals surface area contributed by atoms with Gasteiger partial charge in [-0.05, 0) is 55.9 Å². The summed E-state index contributed by atoms with van der Waals surface area (Å²) in [5.41, 5.74) is 5.31. The molecule has 3 aromatic rings. The number of nitrogens with one attached hydrogen (secondary N) is 1. The number of hydrogen-bond donors (Lipinski definition) is 1. The third-order valence-corrected chi connectivity index (χ3v) is 6.39. The Kier molecular flexibility index (Phi) is 5.59. The third kappa shape index (κ3) is 4.01. The van der Waals surface area contributed by atoms with E-state index in [1.165, 1.54) is 19.3 Å². The number of aryl methyl sites for hydroxylation is 2. The molecule has 1 N–H and O–H groups in total. The minimum Gasteiger partial charge on any atom is -0.349 e. The van der Waals surface area contributed by atoms with Gasteiger partial charge in [-0.15, -0.1) is 0 Å². The fourth-order valence-electron chi connectivity index (χ4n) is 4.35. The molecule has 1 saturated carbocycles. The molecule has 5 nitrogen and oxygen atoms in total. The summed E-state index contributed by atoms with van der Waals surface area (Å²) in [7, 11) is 0. The molecule has 0 unspecified atom stereocenters. The third-order valence-electron chi connectivity index (χ3n) is 6.15. The Morgan fingerprint density at radius 2 is 2.07 bits per heavy atom. The summed E-state index contributed by atoms with van der Waals surface area (Å²) in [6.07, 6.45) is 7.00. The minimum absolute atomic E-state index is 0.0763. The summed E-state index contributed by atoms with van der Waals surface area (Å²) in [6, 6.07) is 8.09. The van der Waals surface area contributed by atoms with Gasteiger partial charge in [-0.1, -0.05) is 43.5 Å². The summed E-state index contributed by atoms with van der Waals surface area (Å²) in [5, 5.41) is 8.42. The van der Waals surface area contributed by atoms with Crippen LogP contribution in [0.1, 0.15) is 65.5 Å². The number of aromatic nitrogens is 3. The Morgan fingerprint density at radius 1 is 1.28 bits per heavy atom. The molecule has 0 radical (unpaired) electrons. The van der Waals surface area contributed by atoms with E-state index in [2.05, 4.69) is 23.4 Å². The van der Waals surface area contributed by atoms with Crippen LogP contribution >= 0.6 is 11.6 Å². The molecule has 2 atom stereocenters. The minimum atomic E-state index is -0.0763. The molecule has 2 heterocycles. The summed E-state index contributed by atoms with van der Waals surface area (Å²) in [6.45, 7) is 6.24. The van der Waals surface area contributed by atoms with E-state index in [0.29, 0.717) is 17.1 Å². The van der Waals surface area contributed by atoms with Gasteiger partial charge >= 0.3 is 0 Å². The van der Waals surface area contributed by atoms with Crippen molar-refractivity contribution in [1.29, 1.82) is 0 Å². The number of hydrogen-bond acceptors (Lipinski definition) is 3. The Bertz CT molecular complexity index is 1060. The molecule has 0 aliphatic heterocycles. The zero-order valence-electron chi connectivity index (χ0n) is 17.2. The van der Waals surface area contributed by atoms with Gasteiger partial charge in [0.15, 0.2) is 5.65 Å². The Hall–Kier alpha value is -2.40. The number of carbonyl (C=O) groups excluding carboxylic acids is 1. The summed E-state index contributed by atoms with van der Waals surface area (Å²) < 4.78 is 1.78. The Labute approximate surface area is 176 Å². The van der Waals surface area contributed by atoms with Crippen LogP contribution < -0.4 is 5.32 Å². The van der Waals surface area contributed by atoms with Crippen molar-refractivity contribution >= 4 is 23.2 Å². The zero-order valence-corrected chi connectivity index (χ0v) is 18.0. The van der Waals surface area contributed by atoms with Gasteiger partial charge in [0.2, 0.25) is 0 Å². The van der Waals surface area contributed by atoms with Crippen molar-refractivity contribution in [3.63, 3.8) is 0 Å². The SMILES string of the molecule is Cc1nc2c(C(=O)N[C@H]3CCCC[C@H]3C)cnn2c(C)c1Cc1cccc(Cl)c1. The maximum atomic E-state index is 13.0. The first-order chi connectivity index (χ1) is 13.9. The zero-order chi connectivity index (χ0) is 20.5. The predicted octanol–water partition coefficient (Wildman–Crippen LogP) is 4.90. The van der Waals surface area contributed by atoms with E-state index in [1.807, 2.05) is 32.0 Å². The molecule has 1 amide bonds. The van der Waals surface area contributed by atoms with Gasteiger partial charge in [0, 0.05) is 28.9 Å². The number of carbonyl (C=O) groups is 1. The maximum Gasteiger partial charge on any atom is 0.256 e. The second kappa shape index (κ2) is 8.15. The number of rotatable bonds is 4. The lowest BCUT2D eigenvalue weighted by Gasteiger charge is -2.29. The van der Waals surface area contributed by atoms with E-state index in [4.69, 9.17) is 16.6 Å². The average Bonchev–Trinajstić information content (AvgIpc) is 3.11. The molecule has 1 aliphatic carbocycles. The summed E-state index contributed by atoms with van der Waals surface area (Å²) in [5.74, 6) is 0.433. The lowest BCUT2D eigenvalue weighted by Crippen LogP contribution is -2.41. The monoisotopic (exact) mass is 410 g/mol. The summed E-state index contributed by atoms with van der Waals surface area (Å²) in [4.78, 5) is 17.7. The van der Waals surface area contributed by atoms with Crippen molar-refractivity contribution < 1.29 is 4.79 Å². The maximum absolute atomic E-state index is 13.0. The predicted molar refractivity (Wildman–Crippen MR) is 116 cm³/mol. The van der Waals surface area contributed by atoms with Gasteiger partial charge in [0.1, 0.15) is 5.56 Å². The second-order valence-corrected chi connectivity index (χ2v) is 8.64. The van der Waals surface area contributed by atoms with Crippen molar-refractivity contribution in [2.45, 2.75) is 58.9 Å². The van der Waals surface area contributed by atoms with Crippen LogP contribution in [0.15, 0.2) is 30.5 Å². The fraction of sp³-hybridized carbons (Fsp3) is 0.435. The highest BCUT2D eigenvalue weighted by Crippen LogP contribution is 2.25. The number of nitrogens with zero attached hydrogens (tertiary/aromatic N) is 3. The van der Waals surface area contributed by atoms with Crippen LogP contribution in [0, 0.1) is 19.8 Å².